The molecule has 1 aromatic heterocycles. The molecule has 1 N–H and O–H groups in total. The Labute approximate surface area is 182 Å². The third-order valence-electron chi connectivity index (χ3n) is 4.89. The van der Waals surface area contributed by atoms with E-state index in [1.54, 1.807) is 0 Å². The van der Waals surface area contributed by atoms with Gasteiger partial charge in [-0.3, -0.25) is 0 Å². The number of allylic oxidation sites excluding steroid dienone is 1. The molecule has 162 valence electrons. The minimum atomic E-state index is -1.07. The topological polar surface area (TPSA) is 73.1 Å². The second-order valence-electron chi connectivity index (χ2n) is 8.34. The van der Waals surface area contributed by atoms with E-state index >= 15 is 0 Å². The molecule has 0 radical (unpaired) electrons. The Kier molecular flexibility index (Phi) is 6.80. The molecule has 0 aliphatic rings. The van der Waals surface area contributed by atoms with Crippen LogP contribution >= 0.6 is 0 Å². The van der Waals surface area contributed by atoms with Gasteiger partial charge in [0.2, 0.25) is 6.61 Å². The van der Waals surface area contributed by atoms with Crippen molar-refractivity contribution in [2.75, 3.05) is 6.61 Å². The van der Waals surface area contributed by atoms with E-state index in [9.17, 15) is 4.79 Å². The number of ether oxygens (including phenoxy) is 1. The first-order valence-electron chi connectivity index (χ1n) is 10.1. The van der Waals surface area contributed by atoms with Crippen LogP contribution in [0.5, 0.6) is 5.75 Å². The van der Waals surface area contributed by atoms with Crippen molar-refractivity contribution in [3.05, 3.63) is 78.0 Å². The van der Waals surface area contributed by atoms with E-state index in [0.717, 1.165) is 27.8 Å². The number of hydrogen-bond donors (Lipinski definition) is 1. The first-order chi connectivity index (χ1) is 14.8. The fourth-order valence-corrected chi connectivity index (χ4v) is 3.24. The molecule has 0 bridgehead atoms. The highest BCUT2D eigenvalue weighted by atomic mass is 16.6. The van der Waals surface area contributed by atoms with Crippen molar-refractivity contribution >= 4 is 23.1 Å². The number of benzene rings is 2. The van der Waals surface area contributed by atoms with E-state index < -0.39 is 12.6 Å². The van der Waals surface area contributed by atoms with E-state index in [4.69, 9.17) is 14.7 Å². The van der Waals surface area contributed by atoms with Crippen LogP contribution in [0, 0.1) is 0 Å². The van der Waals surface area contributed by atoms with Crippen molar-refractivity contribution in [3.63, 3.8) is 0 Å². The molecule has 0 saturated heterocycles. The second-order valence-corrected chi connectivity index (χ2v) is 8.34. The van der Waals surface area contributed by atoms with Crippen LogP contribution in [-0.2, 0) is 28.2 Å². The Bertz CT molecular complexity index is 1090. The average molecular weight is 421 g/mol. The molecule has 31 heavy (non-hydrogen) atoms. The second kappa shape index (κ2) is 9.51. The van der Waals surface area contributed by atoms with E-state index in [2.05, 4.69) is 56.8 Å². The number of carboxylic acid groups (broad SMARTS) is 1. The van der Waals surface area contributed by atoms with Gasteiger partial charge in [-0.25, -0.2) is 4.79 Å². The van der Waals surface area contributed by atoms with Crippen LogP contribution in [0.1, 0.15) is 37.5 Å². The summed E-state index contributed by atoms with van der Waals surface area (Å²) in [6, 6.07) is 14.4. The number of aliphatic carboxylic acids is 1. The van der Waals surface area contributed by atoms with Crippen LogP contribution in [-0.4, -0.2) is 28.5 Å². The van der Waals surface area contributed by atoms with Gasteiger partial charge in [-0.2, -0.15) is 0 Å². The van der Waals surface area contributed by atoms with E-state index in [1.807, 2.05) is 35.0 Å². The number of fused-ring (bicyclic) bond motifs is 1. The largest absolute Gasteiger partial charge is 0.489 e. The standard InChI is InChI=1S/C25H28N2O4/c1-5-12-27-15-19(14-26-31-17-24(28)29)22-13-21(10-11-23(22)27)30-16-18-6-8-20(9-7-18)25(2,3)4/h5-11,13-15H,1,12,16-17H2,2-4H3,(H,28,29)/b26-14+. The highest BCUT2D eigenvalue weighted by Crippen LogP contribution is 2.27. The lowest BCUT2D eigenvalue weighted by Crippen LogP contribution is -2.10. The Morgan fingerprint density at radius 2 is 1.94 bits per heavy atom. The smallest absolute Gasteiger partial charge is 0.344 e. The molecule has 0 aliphatic carbocycles. The third kappa shape index (κ3) is 5.75. The van der Waals surface area contributed by atoms with Gasteiger partial charge in [0.15, 0.2) is 0 Å². The zero-order chi connectivity index (χ0) is 22.4. The maximum absolute atomic E-state index is 10.6. The quantitative estimate of drug-likeness (QED) is 0.296. The molecule has 0 amide bonds. The van der Waals surface area contributed by atoms with Crippen molar-refractivity contribution < 1.29 is 19.5 Å². The molecule has 0 saturated carbocycles. The summed E-state index contributed by atoms with van der Waals surface area (Å²) < 4.78 is 8.06. The summed E-state index contributed by atoms with van der Waals surface area (Å²) in [5.41, 5.74) is 4.31. The number of aromatic nitrogens is 1. The summed E-state index contributed by atoms with van der Waals surface area (Å²) >= 11 is 0. The van der Waals surface area contributed by atoms with E-state index in [0.29, 0.717) is 13.2 Å². The molecule has 0 aliphatic heterocycles. The molecule has 0 spiro atoms. The summed E-state index contributed by atoms with van der Waals surface area (Å²) in [6.45, 7) is 11.0. The lowest BCUT2D eigenvalue weighted by molar-refractivity contribution is -0.142. The molecule has 1 heterocycles. The zero-order valence-corrected chi connectivity index (χ0v) is 18.2. The Balaban J connectivity index is 1.79. The van der Waals surface area contributed by atoms with Crippen molar-refractivity contribution in [2.24, 2.45) is 5.16 Å². The predicted octanol–water partition coefficient (Wildman–Crippen LogP) is 5.14. The maximum atomic E-state index is 10.6. The van der Waals surface area contributed by atoms with E-state index in [-0.39, 0.29) is 5.41 Å². The molecule has 0 atom stereocenters. The van der Waals surface area contributed by atoms with Gasteiger partial charge >= 0.3 is 5.97 Å². The lowest BCUT2D eigenvalue weighted by Gasteiger charge is -2.19. The molecule has 0 fully saturated rings. The first kappa shape index (κ1) is 22.2. The van der Waals surface area contributed by atoms with Crippen molar-refractivity contribution in [3.8, 4) is 5.75 Å². The van der Waals surface area contributed by atoms with Crippen LogP contribution < -0.4 is 4.74 Å². The SMILES string of the molecule is C=CCn1cc(/C=N/OCC(=O)O)c2cc(OCc3ccc(C(C)(C)C)cc3)ccc21. The molecule has 0 unspecified atom stereocenters. The summed E-state index contributed by atoms with van der Waals surface area (Å²) in [4.78, 5) is 15.4. The molecule has 3 aromatic rings. The maximum Gasteiger partial charge on any atom is 0.344 e. The van der Waals surface area contributed by atoms with Crippen molar-refractivity contribution in [2.45, 2.75) is 39.3 Å². The zero-order valence-electron chi connectivity index (χ0n) is 18.2. The molecule has 6 heteroatoms. The molecule has 3 rings (SSSR count). The number of hydrogen-bond acceptors (Lipinski definition) is 4. The van der Waals surface area contributed by atoms with Crippen LogP contribution in [0.4, 0.5) is 0 Å². The average Bonchev–Trinajstić information content (AvgIpc) is 3.06. The van der Waals surface area contributed by atoms with Gasteiger partial charge < -0.3 is 19.2 Å². The van der Waals surface area contributed by atoms with Gasteiger partial charge in [0.1, 0.15) is 12.4 Å². The van der Waals surface area contributed by atoms with Crippen LogP contribution in [0.2, 0.25) is 0 Å². The minimum Gasteiger partial charge on any atom is -0.489 e. The fraction of sp³-hybridized carbons (Fsp3) is 0.280. The number of oxime groups is 1. The Morgan fingerprint density at radius 3 is 2.58 bits per heavy atom. The highest BCUT2D eigenvalue weighted by molar-refractivity contribution is 6.00. The van der Waals surface area contributed by atoms with Crippen molar-refractivity contribution in [1.29, 1.82) is 0 Å². The number of rotatable bonds is 9. The predicted molar refractivity (Wildman–Crippen MR) is 123 cm³/mol. The summed E-state index contributed by atoms with van der Waals surface area (Å²) in [5.74, 6) is -0.331. The molecule has 2 aromatic carbocycles. The van der Waals surface area contributed by atoms with Gasteiger partial charge in [0, 0.05) is 29.2 Å². The highest BCUT2D eigenvalue weighted by Gasteiger charge is 2.13. The molecular formula is C25H28N2O4. The van der Waals surface area contributed by atoms with Crippen molar-refractivity contribution in [1.82, 2.24) is 4.57 Å². The van der Waals surface area contributed by atoms with Gasteiger partial charge in [-0.05, 0) is 34.7 Å². The minimum absolute atomic E-state index is 0.120. The monoisotopic (exact) mass is 420 g/mol. The fourth-order valence-electron chi connectivity index (χ4n) is 3.24. The first-order valence-corrected chi connectivity index (χ1v) is 10.1. The summed E-state index contributed by atoms with van der Waals surface area (Å²) in [7, 11) is 0. The summed E-state index contributed by atoms with van der Waals surface area (Å²) in [6.07, 6.45) is 5.25. The number of carbonyl (C=O) groups is 1. The third-order valence-corrected chi connectivity index (χ3v) is 4.89. The summed E-state index contributed by atoms with van der Waals surface area (Å²) in [5, 5.41) is 13.4. The van der Waals surface area contributed by atoms with Crippen LogP contribution in [0.3, 0.4) is 0 Å². The number of carboxylic acids is 1. The van der Waals surface area contributed by atoms with Gasteiger partial charge in [-0.1, -0.05) is 56.3 Å². The van der Waals surface area contributed by atoms with Crippen LogP contribution in [0.15, 0.2) is 66.5 Å². The number of nitrogens with zero attached hydrogens (tertiary/aromatic N) is 2. The molecular weight excluding hydrogens is 392 g/mol. The van der Waals surface area contributed by atoms with Gasteiger partial charge in [0.05, 0.1) is 6.21 Å². The molecule has 6 nitrogen and oxygen atoms in total. The Hall–Kier alpha value is -3.54. The van der Waals surface area contributed by atoms with Crippen LogP contribution in [0.25, 0.3) is 10.9 Å². The van der Waals surface area contributed by atoms with Gasteiger partial charge in [-0.15, -0.1) is 6.58 Å². The van der Waals surface area contributed by atoms with Gasteiger partial charge in [0.25, 0.3) is 0 Å². The lowest BCUT2D eigenvalue weighted by atomic mass is 9.87. The normalized spacial score (nSPS) is 11.7. The Morgan fingerprint density at radius 1 is 1.19 bits per heavy atom. The van der Waals surface area contributed by atoms with E-state index in [1.165, 1.54) is 11.8 Å².